The maximum atomic E-state index is 13.3. The molecular weight excluding hydrogens is 333 g/mol. The molecule has 1 aliphatic carbocycles. The number of nitrogens with one attached hydrogen (secondary N) is 2. The molecule has 1 aromatic carbocycles. The quantitative estimate of drug-likeness (QED) is 0.231. The number of aromatic nitrogens is 2. The van der Waals surface area contributed by atoms with Gasteiger partial charge in [-0.15, -0.1) is 0 Å². The van der Waals surface area contributed by atoms with Crippen molar-refractivity contribution in [2.24, 2.45) is 5.16 Å². The molecule has 1 heterocycles. The van der Waals surface area contributed by atoms with Crippen LogP contribution in [0.3, 0.4) is 0 Å². The molecule has 1 aromatic heterocycles. The van der Waals surface area contributed by atoms with Gasteiger partial charge in [0.25, 0.3) is 5.88 Å². The summed E-state index contributed by atoms with van der Waals surface area (Å²) >= 11 is 0. The zero-order valence-corrected chi connectivity index (χ0v) is 13.3. The Morgan fingerprint density at radius 2 is 2.36 bits per heavy atom. The summed E-state index contributed by atoms with van der Waals surface area (Å²) in [6.45, 7) is 1.80. The lowest BCUT2D eigenvalue weighted by Crippen LogP contribution is -2.36. The lowest BCUT2D eigenvalue weighted by Gasteiger charge is -2.31. The van der Waals surface area contributed by atoms with Gasteiger partial charge in [-0.2, -0.15) is 0 Å². The largest absolute Gasteiger partial charge is 0.472 e. The summed E-state index contributed by atoms with van der Waals surface area (Å²) in [6.07, 6.45) is 0.651. The number of fused-ring (bicyclic) bond motifs is 1. The van der Waals surface area contributed by atoms with Crippen molar-refractivity contribution in [3.8, 4) is 5.88 Å². The second kappa shape index (κ2) is 7.16. The van der Waals surface area contributed by atoms with Crippen molar-refractivity contribution in [2.45, 2.75) is 19.4 Å². The van der Waals surface area contributed by atoms with E-state index in [1.165, 1.54) is 19.1 Å². The Hall–Kier alpha value is -3.17. The van der Waals surface area contributed by atoms with Crippen LogP contribution in [-0.4, -0.2) is 40.4 Å². The normalized spacial score (nSPS) is 15.9. The number of ether oxygens (including phenoxy) is 1. The van der Waals surface area contributed by atoms with Crippen molar-refractivity contribution < 1.29 is 23.8 Å². The summed E-state index contributed by atoms with van der Waals surface area (Å²) in [5.41, 5.74) is 1.88. The highest BCUT2D eigenvalue weighted by Crippen LogP contribution is 2.33. The predicted molar refractivity (Wildman–Crippen MR) is 82.8 cm³/mol. The van der Waals surface area contributed by atoms with Crippen LogP contribution < -0.4 is 15.4 Å². The van der Waals surface area contributed by atoms with Crippen molar-refractivity contribution >= 4 is 11.7 Å². The summed E-state index contributed by atoms with van der Waals surface area (Å²) in [7, 11) is 0. The molecule has 2 aromatic rings. The topological polar surface area (TPSA) is 122 Å². The van der Waals surface area contributed by atoms with Gasteiger partial charge in [-0.3, -0.25) is 4.79 Å². The number of hydrogen-bond acceptors (Lipinski definition) is 7. The summed E-state index contributed by atoms with van der Waals surface area (Å²) < 4.78 is 23.3. The smallest absolute Gasteiger partial charge is 0.287 e. The van der Waals surface area contributed by atoms with Gasteiger partial charge in [0.2, 0.25) is 17.4 Å². The van der Waals surface area contributed by atoms with Crippen molar-refractivity contribution in [3.05, 3.63) is 40.8 Å². The van der Waals surface area contributed by atoms with Crippen molar-refractivity contribution in [1.82, 2.24) is 20.9 Å². The Morgan fingerprint density at radius 3 is 3.12 bits per heavy atom. The van der Waals surface area contributed by atoms with E-state index in [4.69, 9.17) is 4.74 Å². The number of halogens is 1. The number of rotatable bonds is 6. The van der Waals surface area contributed by atoms with Gasteiger partial charge in [-0.25, -0.2) is 9.02 Å². The van der Waals surface area contributed by atoms with Crippen LogP contribution in [0.5, 0.6) is 5.88 Å². The molecule has 25 heavy (non-hydrogen) atoms. The Kier molecular flexibility index (Phi) is 4.78. The Balaban J connectivity index is 1.65. The number of oxime groups is 1. The molecular formula is C15H16FN5O4. The fourth-order valence-corrected chi connectivity index (χ4v) is 2.51. The lowest BCUT2D eigenvalue weighted by molar-refractivity contribution is -0.119. The van der Waals surface area contributed by atoms with Gasteiger partial charge < -0.3 is 20.6 Å². The highest BCUT2D eigenvalue weighted by Gasteiger charge is 2.30. The fraction of sp³-hybridized carbons (Fsp3) is 0.333. The maximum absolute atomic E-state index is 13.3. The second-order valence-electron chi connectivity index (χ2n) is 5.44. The first kappa shape index (κ1) is 16.7. The monoisotopic (exact) mass is 349 g/mol. The molecule has 1 atom stereocenters. The van der Waals surface area contributed by atoms with Crippen LogP contribution in [0.4, 0.5) is 4.39 Å². The number of carbonyl (C=O) groups is 1. The molecule has 1 unspecified atom stereocenters. The maximum Gasteiger partial charge on any atom is 0.287 e. The van der Waals surface area contributed by atoms with Crippen molar-refractivity contribution in [2.75, 3.05) is 13.2 Å². The van der Waals surface area contributed by atoms with E-state index in [0.29, 0.717) is 6.42 Å². The van der Waals surface area contributed by atoms with Crippen molar-refractivity contribution in [3.63, 3.8) is 0 Å². The number of hydrogen-bond donors (Lipinski definition) is 3. The van der Waals surface area contributed by atoms with Crippen LogP contribution in [-0.2, 0) is 11.2 Å². The van der Waals surface area contributed by atoms with Crippen LogP contribution >= 0.6 is 0 Å². The van der Waals surface area contributed by atoms with Gasteiger partial charge in [0.1, 0.15) is 12.4 Å². The summed E-state index contributed by atoms with van der Waals surface area (Å²) in [5.74, 6) is -0.504. The molecule has 0 spiro atoms. The molecule has 0 bridgehead atoms. The van der Waals surface area contributed by atoms with Gasteiger partial charge in [-0.05, 0) is 40.0 Å². The fourth-order valence-electron chi connectivity index (χ4n) is 2.51. The number of carbonyl (C=O) groups excluding carboxylic acids is 1. The third kappa shape index (κ3) is 3.67. The predicted octanol–water partition coefficient (Wildman–Crippen LogP) is 0.746. The zero-order valence-electron chi connectivity index (χ0n) is 13.3. The average molecular weight is 349 g/mol. The van der Waals surface area contributed by atoms with Gasteiger partial charge in [0.15, 0.2) is 0 Å². The molecule has 0 saturated carbocycles. The molecule has 10 heteroatoms. The number of amides is 1. The Bertz CT molecular complexity index is 807. The van der Waals surface area contributed by atoms with E-state index in [0.717, 1.165) is 11.1 Å². The highest BCUT2D eigenvalue weighted by atomic mass is 19.1. The lowest BCUT2D eigenvalue weighted by atomic mass is 9.83. The van der Waals surface area contributed by atoms with Gasteiger partial charge in [0.05, 0.1) is 12.6 Å². The van der Waals surface area contributed by atoms with Crippen LogP contribution in [0.25, 0.3) is 0 Å². The number of amidine groups is 1. The highest BCUT2D eigenvalue weighted by molar-refractivity contribution is 5.98. The third-order valence-electron chi connectivity index (χ3n) is 3.72. The minimum Gasteiger partial charge on any atom is -0.472 e. The molecule has 9 nitrogen and oxygen atoms in total. The van der Waals surface area contributed by atoms with E-state index in [1.807, 2.05) is 0 Å². The first-order valence-corrected chi connectivity index (χ1v) is 7.55. The van der Waals surface area contributed by atoms with Gasteiger partial charge in [0, 0.05) is 6.92 Å². The zero-order chi connectivity index (χ0) is 17.8. The summed E-state index contributed by atoms with van der Waals surface area (Å²) in [6, 6.07) is 4.32. The second-order valence-corrected chi connectivity index (χ2v) is 5.44. The number of nitrogens with zero attached hydrogens (tertiary/aromatic N) is 3. The van der Waals surface area contributed by atoms with E-state index in [-0.39, 0.29) is 48.3 Å². The van der Waals surface area contributed by atoms with E-state index in [1.54, 1.807) is 6.07 Å². The Labute approximate surface area is 141 Å². The van der Waals surface area contributed by atoms with E-state index in [2.05, 4.69) is 30.7 Å². The van der Waals surface area contributed by atoms with Crippen LogP contribution in [0, 0.1) is 5.82 Å². The van der Waals surface area contributed by atoms with Gasteiger partial charge in [-0.1, -0.05) is 11.2 Å². The standard InChI is InChI=1S/C15H16FN5O4/c1-8(22)17-4-5-24-15-13(20-25-21-15)14(19-23)18-12-6-9-2-3-10(16)7-11(9)12/h2-3,7,12,23H,4-6H2,1H3,(H,17,22)(H,18,19). The van der Waals surface area contributed by atoms with Gasteiger partial charge >= 0.3 is 0 Å². The van der Waals surface area contributed by atoms with Crippen molar-refractivity contribution in [1.29, 1.82) is 0 Å². The molecule has 0 saturated heterocycles. The summed E-state index contributed by atoms with van der Waals surface area (Å²) in [4.78, 5) is 10.8. The van der Waals surface area contributed by atoms with E-state index < -0.39 is 0 Å². The van der Waals surface area contributed by atoms with E-state index in [9.17, 15) is 14.4 Å². The molecule has 1 aliphatic rings. The molecule has 0 radical (unpaired) electrons. The summed E-state index contributed by atoms with van der Waals surface area (Å²) in [5, 5.41) is 25.2. The SMILES string of the molecule is CC(=O)NCCOc1nonc1C(=NO)NC1Cc2ccc(F)cc21. The Morgan fingerprint density at radius 1 is 1.52 bits per heavy atom. The van der Waals surface area contributed by atoms with Crippen LogP contribution in [0.1, 0.15) is 29.8 Å². The minimum absolute atomic E-state index is 0.00399. The molecule has 132 valence electrons. The van der Waals surface area contributed by atoms with Crippen LogP contribution in [0.2, 0.25) is 0 Å². The molecule has 1 amide bonds. The minimum atomic E-state index is -0.335. The first-order valence-electron chi connectivity index (χ1n) is 7.55. The molecule has 0 aliphatic heterocycles. The average Bonchev–Trinajstić information content (AvgIpc) is 3.03. The third-order valence-corrected chi connectivity index (χ3v) is 3.72. The molecule has 3 N–H and O–H groups in total. The van der Waals surface area contributed by atoms with E-state index >= 15 is 0 Å². The molecule has 3 rings (SSSR count). The first-order chi connectivity index (χ1) is 12.1. The van der Waals surface area contributed by atoms with Crippen LogP contribution in [0.15, 0.2) is 28.0 Å². The molecule has 0 fully saturated rings. The number of benzene rings is 1.